The van der Waals surface area contributed by atoms with Gasteiger partial charge in [-0.2, -0.15) is 0 Å². The van der Waals surface area contributed by atoms with Crippen LogP contribution in [0.25, 0.3) is 28.3 Å². The van der Waals surface area contributed by atoms with Gasteiger partial charge in [0.15, 0.2) is 5.70 Å². The van der Waals surface area contributed by atoms with E-state index in [9.17, 15) is 4.79 Å². The molecule has 1 aromatic heterocycles. The van der Waals surface area contributed by atoms with E-state index in [2.05, 4.69) is 58.1 Å². The van der Waals surface area contributed by atoms with E-state index in [1.165, 1.54) is 16.8 Å². The van der Waals surface area contributed by atoms with Gasteiger partial charge >= 0.3 is 5.97 Å². The molecule has 4 heteroatoms. The van der Waals surface area contributed by atoms with Crippen molar-refractivity contribution in [2.45, 2.75) is 19.4 Å². The molecule has 0 unspecified atom stereocenters. The molecule has 0 spiro atoms. The lowest BCUT2D eigenvalue weighted by Crippen LogP contribution is -2.05. The molecular weight excluding hydrogens is 408 g/mol. The van der Waals surface area contributed by atoms with Gasteiger partial charge in [-0.3, -0.25) is 0 Å². The third kappa shape index (κ3) is 3.40. The molecule has 2 aliphatic heterocycles. The Morgan fingerprint density at radius 1 is 0.758 bits per heavy atom. The van der Waals surface area contributed by atoms with E-state index in [1.807, 2.05) is 48.5 Å². The second kappa shape index (κ2) is 8.06. The van der Waals surface area contributed by atoms with Crippen LogP contribution in [0.4, 0.5) is 0 Å². The summed E-state index contributed by atoms with van der Waals surface area (Å²) >= 11 is 0. The predicted octanol–water partition coefficient (Wildman–Crippen LogP) is 6.11. The lowest BCUT2D eigenvalue weighted by atomic mass is 9.93. The maximum atomic E-state index is 12.8. The van der Waals surface area contributed by atoms with Gasteiger partial charge in [-0.1, -0.05) is 78.9 Å². The average molecular weight is 431 g/mol. The van der Waals surface area contributed by atoms with Crippen LogP contribution in [0.2, 0.25) is 0 Å². The molecule has 0 amide bonds. The Morgan fingerprint density at radius 2 is 1.33 bits per heavy atom. The van der Waals surface area contributed by atoms with E-state index in [-0.39, 0.29) is 0 Å². The molecule has 0 bridgehead atoms. The van der Waals surface area contributed by atoms with Crippen molar-refractivity contribution in [3.63, 3.8) is 0 Å². The summed E-state index contributed by atoms with van der Waals surface area (Å²) in [5, 5.41) is 0. The summed E-state index contributed by atoms with van der Waals surface area (Å²) in [6, 6.07) is 30.4. The van der Waals surface area contributed by atoms with Crippen molar-refractivity contribution < 1.29 is 9.53 Å². The van der Waals surface area contributed by atoms with Crippen LogP contribution in [-0.2, 0) is 22.5 Å². The van der Waals surface area contributed by atoms with Crippen molar-refractivity contribution in [3.05, 3.63) is 114 Å². The first-order valence-corrected chi connectivity index (χ1v) is 11.2. The fourth-order valence-corrected chi connectivity index (χ4v) is 4.81. The zero-order valence-corrected chi connectivity index (χ0v) is 18.1. The number of aliphatic imine (C=N–C) groups is 1. The molecule has 3 aromatic carbocycles. The third-order valence-corrected chi connectivity index (χ3v) is 6.25. The Balaban J connectivity index is 1.57. The Bertz CT molecular complexity index is 1400. The number of esters is 1. The number of carbonyl (C=O) groups excluding carboxylic acids is 1. The summed E-state index contributed by atoms with van der Waals surface area (Å²) in [5.74, 6) is -0.0627. The number of aromatic nitrogens is 1. The van der Waals surface area contributed by atoms with Gasteiger partial charge in [0, 0.05) is 28.9 Å². The SMILES string of the molecule is O=C1OC(c2ccccc2)=N/C1=C\c1c(-c2ccccc2)c(-c2ccccc2)c2n1CCC2. The first kappa shape index (κ1) is 19.5. The quantitative estimate of drug-likeness (QED) is 0.289. The number of rotatable bonds is 4. The summed E-state index contributed by atoms with van der Waals surface area (Å²) in [5.41, 5.74) is 8.15. The van der Waals surface area contributed by atoms with E-state index >= 15 is 0 Å². The molecule has 4 aromatic rings. The minimum Gasteiger partial charge on any atom is -0.402 e. The van der Waals surface area contributed by atoms with E-state index in [4.69, 9.17) is 4.74 Å². The predicted molar refractivity (Wildman–Crippen MR) is 131 cm³/mol. The van der Waals surface area contributed by atoms with Crippen molar-refractivity contribution in [2.75, 3.05) is 0 Å². The minimum absolute atomic E-state index is 0.331. The second-order valence-electron chi connectivity index (χ2n) is 8.27. The summed E-state index contributed by atoms with van der Waals surface area (Å²) in [4.78, 5) is 17.3. The summed E-state index contributed by atoms with van der Waals surface area (Å²) < 4.78 is 7.87. The van der Waals surface area contributed by atoms with Crippen molar-refractivity contribution in [1.82, 2.24) is 4.57 Å². The van der Waals surface area contributed by atoms with Gasteiger partial charge in [0.1, 0.15) is 0 Å². The van der Waals surface area contributed by atoms with Gasteiger partial charge in [-0.15, -0.1) is 0 Å². The second-order valence-corrected chi connectivity index (χ2v) is 8.27. The largest absolute Gasteiger partial charge is 0.402 e. The highest BCUT2D eigenvalue weighted by Gasteiger charge is 2.29. The fourth-order valence-electron chi connectivity index (χ4n) is 4.81. The van der Waals surface area contributed by atoms with Crippen LogP contribution in [0.5, 0.6) is 0 Å². The first-order valence-electron chi connectivity index (χ1n) is 11.2. The molecule has 0 N–H and O–H groups in total. The number of hydrogen-bond acceptors (Lipinski definition) is 3. The lowest BCUT2D eigenvalue weighted by molar-refractivity contribution is -0.129. The smallest absolute Gasteiger partial charge is 0.363 e. The first-order chi connectivity index (χ1) is 16.3. The zero-order valence-electron chi connectivity index (χ0n) is 18.1. The standard InChI is InChI=1S/C29H22N2O2/c32-29-23(30-28(33-29)22-15-8-3-9-16-22)19-25-27(21-13-6-2-7-14-21)26(20-11-4-1-5-12-20)24-17-10-18-31(24)25/h1-9,11-16,19H,10,17-18H2/b23-19-. The molecule has 33 heavy (non-hydrogen) atoms. The fraction of sp³-hybridized carbons (Fsp3) is 0.103. The molecule has 4 nitrogen and oxygen atoms in total. The van der Waals surface area contributed by atoms with Crippen molar-refractivity contribution in [2.24, 2.45) is 4.99 Å². The minimum atomic E-state index is -0.414. The molecule has 0 saturated carbocycles. The number of fused-ring (bicyclic) bond motifs is 1. The Kier molecular flexibility index (Phi) is 4.76. The Morgan fingerprint density at radius 3 is 1.97 bits per heavy atom. The van der Waals surface area contributed by atoms with Crippen molar-refractivity contribution in [1.29, 1.82) is 0 Å². The number of ether oxygens (including phenoxy) is 1. The monoisotopic (exact) mass is 430 g/mol. The summed E-state index contributed by atoms with van der Waals surface area (Å²) in [6.07, 6.45) is 4.00. The molecule has 0 saturated heterocycles. The number of benzene rings is 3. The molecule has 0 fully saturated rings. The highest BCUT2D eigenvalue weighted by atomic mass is 16.6. The molecule has 160 valence electrons. The van der Waals surface area contributed by atoms with Crippen molar-refractivity contribution >= 4 is 17.9 Å². The van der Waals surface area contributed by atoms with Crippen LogP contribution in [0.15, 0.2) is 102 Å². The van der Waals surface area contributed by atoms with Gasteiger partial charge < -0.3 is 9.30 Å². The van der Waals surface area contributed by atoms with Crippen LogP contribution in [-0.4, -0.2) is 16.4 Å². The van der Waals surface area contributed by atoms with E-state index in [1.54, 1.807) is 0 Å². The van der Waals surface area contributed by atoms with Gasteiger partial charge in [-0.05, 0) is 42.2 Å². The summed E-state index contributed by atoms with van der Waals surface area (Å²) in [7, 11) is 0. The van der Waals surface area contributed by atoms with Gasteiger partial charge in [0.25, 0.3) is 0 Å². The lowest BCUT2D eigenvalue weighted by Gasteiger charge is -2.09. The normalized spacial score (nSPS) is 16.1. The van der Waals surface area contributed by atoms with Gasteiger partial charge in [-0.25, -0.2) is 9.79 Å². The highest BCUT2D eigenvalue weighted by molar-refractivity contribution is 6.13. The van der Waals surface area contributed by atoms with E-state index < -0.39 is 5.97 Å². The number of nitrogens with zero attached hydrogens (tertiary/aromatic N) is 2. The van der Waals surface area contributed by atoms with Gasteiger partial charge in [0.2, 0.25) is 5.90 Å². The van der Waals surface area contributed by atoms with Crippen molar-refractivity contribution in [3.8, 4) is 22.3 Å². The molecule has 0 radical (unpaired) electrons. The molecule has 3 heterocycles. The average Bonchev–Trinajstić information content (AvgIpc) is 3.56. The number of carbonyl (C=O) groups is 1. The van der Waals surface area contributed by atoms with Gasteiger partial charge in [0.05, 0.1) is 5.69 Å². The topological polar surface area (TPSA) is 43.6 Å². The highest BCUT2D eigenvalue weighted by Crippen LogP contribution is 2.43. The zero-order chi connectivity index (χ0) is 22.2. The van der Waals surface area contributed by atoms with Crippen LogP contribution in [0, 0.1) is 0 Å². The maximum Gasteiger partial charge on any atom is 0.363 e. The molecule has 2 aliphatic rings. The Hall–Kier alpha value is -4.18. The number of hydrogen-bond donors (Lipinski definition) is 0. The molecular formula is C29H22N2O2. The summed E-state index contributed by atoms with van der Waals surface area (Å²) in [6.45, 7) is 0.922. The molecule has 6 rings (SSSR count). The number of cyclic esters (lactones) is 1. The third-order valence-electron chi connectivity index (χ3n) is 6.25. The van der Waals surface area contributed by atoms with Crippen LogP contribution >= 0.6 is 0 Å². The van der Waals surface area contributed by atoms with Crippen LogP contribution in [0.1, 0.15) is 23.4 Å². The molecule has 0 atom stereocenters. The molecule has 0 aliphatic carbocycles. The van der Waals surface area contributed by atoms with Crippen LogP contribution in [0.3, 0.4) is 0 Å². The van der Waals surface area contributed by atoms with E-state index in [0.717, 1.165) is 41.8 Å². The van der Waals surface area contributed by atoms with Crippen LogP contribution < -0.4 is 0 Å². The van der Waals surface area contributed by atoms with E-state index in [0.29, 0.717) is 11.6 Å². The Labute approximate surface area is 192 Å². The maximum absolute atomic E-state index is 12.8.